The summed E-state index contributed by atoms with van der Waals surface area (Å²) < 4.78 is 38.6. The molecule has 1 aliphatic carbocycles. The zero-order valence-corrected chi connectivity index (χ0v) is 15.5. The molecule has 1 aromatic carbocycles. The van der Waals surface area contributed by atoms with Gasteiger partial charge in [-0.3, -0.25) is 0 Å². The van der Waals surface area contributed by atoms with E-state index in [1.807, 2.05) is 13.8 Å². The van der Waals surface area contributed by atoms with Gasteiger partial charge in [-0.1, -0.05) is 45.9 Å². The van der Waals surface area contributed by atoms with E-state index in [-0.39, 0.29) is 62.2 Å². The van der Waals surface area contributed by atoms with Crippen LogP contribution in [0.1, 0.15) is 51.7 Å². The quantitative estimate of drug-likeness (QED) is 0.680. The van der Waals surface area contributed by atoms with E-state index in [9.17, 15) is 12.9 Å². The predicted octanol–water partition coefficient (Wildman–Crippen LogP) is 1.09. The van der Waals surface area contributed by atoms with Crippen LogP contribution in [0, 0.1) is 0 Å². The monoisotopic (exact) mass is 294 g/mol. The topological polar surface area (TPSA) is 0 Å². The molecule has 0 N–H and O–H groups in total. The summed E-state index contributed by atoms with van der Waals surface area (Å²) in [4.78, 5) is 0. The minimum absolute atomic E-state index is 0. The van der Waals surface area contributed by atoms with Crippen LogP contribution in [0.5, 0.6) is 0 Å². The molecule has 0 radical (unpaired) electrons. The summed E-state index contributed by atoms with van der Waals surface area (Å²) in [6, 6.07) is 4.29. The first-order chi connectivity index (χ1) is 8.04. The number of hydrogen-bond acceptors (Lipinski definition) is 0. The third-order valence-corrected chi connectivity index (χ3v) is 4.25. The molecule has 0 saturated carbocycles. The Morgan fingerprint density at radius 1 is 0.895 bits per heavy atom. The van der Waals surface area contributed by atoms with E-state index < -0.39 is 12.4 Å². The Kier molecular flexibility index (Phi) is 5.13. The van der Waals surface area contributed by atoms with Crippen LogP contribution in [-0.4, -0.2) is 6.98 Å². The summed E-state index contributed by atoms with van der Waals surface area (Å²) in [5.41, 5.74) is 1.28. The normalized spacial score (nSPS) is 20.4. The third-order valence-electron chi connectivity index (χ3n) is 4.25. The maximum absolute atomic E-state index is 12.9. The summed E-state index contributed by atoms with van der Waals surface area (Å²) in [6.45, 7) is 3.39. The van der Waals surface area contributed by atoms with Crippen LogP contribution in [0.15, 0.2) is 18.2 Å². The van der Waals surface area contributed by atoms with Gasteiger partial charge in [0.05, 0.1) is 0 Å². The number of hydrogen-bond donors (Lipinski definition) is 0. The van der Waals surface area contributed by atoms with Crippen LogP contribution >= 0.6 is 0 Å². The molecule has 19 heavy (non-hydrogen) atoms. The molecule has 0 fully saturated rings. The minimum atomic E-state index is -4.91. The summed E-state index contributed by atoms with van der Waals surface area (Å²) in [5.74, 6) is 0. The van der Waals surface area contributed by atoms with E-state index in [0.29, 0.717) is 0 Å². The van der Waals surface area contributed by atoms with Crippen molar-refractivity contribution >= 4 is 12.4 Å². The van der Waals surface area contributed by atoms with Crippen molar-refractivity contribution in [2.45, 2.75) is 51.4 Å². The van der Waals surface area contributed by atoms with Gasteiger partial charge in [0.1, 0.15) is 0 Å². The van der Waals surface area contributed by atoms with E-state index in [0.717, 1.165) is 24.0 Å². The molecule has 0 nitrogen and oxygen atoms in total. The first-order valence-electron chi connectivity index (χ1n) is 6.39. The molecule has 0 aromatic heterocycles. The average molecular weight is 294 g/mol. The summed E-state index contributed by atoms with van der Waals surface area (Å²) in [6.07, 6.45) is 1.95. The van der Waals surface area contributed by atoms with E-state index in [2.05, 4.69) is 13.8 Å². The van der Waals surface area contributed by atoms with Crippen LogP contribution in [0.25, 0.3) is 0 Å². The average Bonchev–Trinajstić information content (AvgIpc) is 2.23. The van der Waals surface area contributed by atoms with Gasteiger partial charge in [-0.25, -0.2) is 0 Å². The standard InChI is InChI=1S/C14H19BF3.K/c1-13(2)7-8-14(3,4)12-9-10(15(16,17)18)5-6-11(12)13;/h5-6,9H,7-8H2,1-4H3;/q-1;+1. The molecule has 1 aromatic rings. The maximum Gasteiger partial charge on any atom is 1.00 e. The summed E-state index contributed by atoms with van der Waals surface area (Å²) in [5, 5.41) is 0. The summed E-state index contributed by atoms with van der Waals surface area (Å²) >= 11 is 0. The Bertz CT molecular complexity index is 478. The number of halogens is 3. The zero-order valence-electron chi connectivity index (χ0n) is 12.4. The van der Waals surface area contributed by atoms with Crippen molar-refractivity contribution < 1.29 is 64.3 Å². The van der Waals surface area contributed by atoms with Crippen LogP contribution in [0.2, 0.25) is 0 Å². The van der Waals surface area contributed by atoms with Gasteiger partial charge in [-0.05, 0) is 34.8 Å². The maximum atomic E-state index is 12.9. The second-order valence-corrected chi connectivity index (χ2v) is 6.65. The summed E-state index contributed by atoms with van der Waals surface area (Å²) in [7, 11) is 0. The fourth-order valence-electron chi connectivity index (χ4n) is 2.81. The first kappa shape index (κ1) is 17.8. The second kappa shape index (κ2) is 5.49. The third kappa shape index (κ3) is 3.49. The van der Waals surface area contributed by atoms with Gasteiger partial charge in [0.15, 0.2) is 0 Å². The van der Waals surface area contributed by atoms with Gasteiger partial charge in [-0.2, -0.15) is 0 Å². The molecule has 0 spiro atoms. The van der Waals surface area contributed by atoms with Crippen molar-refractivity contribution in [1.82, 2.24) is 0 Å². The van der Waals surface area contributed by atoms with Crippen LogP contribution in [-0.2, 0) is 10.8 Å². The molecule has 0 amide bonds. The zero-order chi connectivity index (χ0) is 13.8. The molecule has 0 saturated heterocycles. The molecule has 0 heterocycles. The van der Waals surface area contributed by atoms with E-state index >= 15 is 0 Å². The first-order valence-corrected chi connectivity index (χ1v) is 6.39. The SMILES string of the molecule is CC1(C)CCC(C)(C)c2cc([B-](F)(F)F)ccc21.[K+]. The second-order valence-electron chi connectivity index (χ2n) is 6.65. The predicted molar refractivity (Wildman–Crippen MR) is 70.4 cm³/mol. The molecule has 0 bridgehead atoms. The van der Waals surface area contributed by atoms with Crippen molar-refractivity contribution in [3.05, 3.63) is 29.3 Å². The minimum Gasteiger partial charge on any atom is -0.445 e. The Labute approximate surface area is 156 Å². The molecule has 2 rings (SSSR count). The number of fused-ring (bicyclic) bond motifs is 1. The molecule has 0 unspecified atom stereocenters. The van der Waals surface area contributed by atoms with Crippen molar-refractivity contribution in [3.8, 4) is 0 Å². The van der Waals surface area contributed by atoms with Crippen molar-refractivity contribution in [1.29, 1.82) is 0 Å². The fourth-order valence-corrected chi connectivity index (χ4v) is 2.81. The number of rotatable bonds is 1. The van der Waals surface area contributed by atoms with Gasteiger partial charge >= 0.3 is 58.4 Å². The van der Waals surface area contributed by atoms with Crippen molar-refractivity contribution in [2.24, 2.45) is 0 Å². The fraction of sp³-hybridized carbons (Fsp3) is 0.571. The van der Waals surface area contributed by atoms with Gasteiger partial charge in [0.2, 0.25) is 0 Å². The Balaban J connectivity index is 0.00000180. The van der Waals surface area contributed by atoms with Gasteiger partial charge in [-0.15, -0.1) is 5.46 Å². The molecule has 1 aliphatic rings. The van der Waals surface area contributed by atoms with Gasteiger partial charge in [0, 0.05) is 0 Å². The Hall–Kier alpha value is 0.711. The van der Waals surface area contributed by atoms with E-state index in [1.54, 1.807) is 6.07 Å². The number of benzene rings is 1. The largest absolute Gasteiger partial charge is 1.00 e. The molecule has 100 valence electrons. The molecular weight excluding hydrogens is 275 g/mol. The van der Waals surface area contributed by atoms with Gasteiger partial charge < -0.3 is 12.9 Å². The molecule has 0 atom stereocenters. The molecular formula is C14H19BF3K. The van der Waals surface area contributed by atoms with Crippen molar-refractivity contribution in [2.75, 3.05) is 0 Å². The van der Waals surface area contributed by atoms with Crippen LogP contribution < -0.4 is 56.8 Å². The van der Waals surface area contributed by atoms with Crippen molar-refractivity contribution in [3.63, 3.8) is 0 Å². The van der Waals surface area contributed by atoms with Crippen LogP contribution in [0.3, 0.4) is 0 Å². The molecule has 5 heteroatoms. The molecule has 0 aliphatic heterocycles. The Morgan fingerprint density at radius 2 is 1.37 bits per heavy atom. The van der Waals surface area contributed by atoms with Gasteiger partial charge in [0.25, 0.3) is 0 Å². The van der Waals surface area contributed by atoms with Crippen LogP contribution in [0.4, 0.5) is 12.9 Å². The van der Waals surface area contributed by atoms with E-state index in [1.165, 1.54) is 12.1 Å². The smallest absolute Gasteiger partial charge is 0.445 e. The van der Waals surface area contributed by atoms with E-state index in [4.69, 9.17) is 0 Å². The Morgan fingerprint density at radius 3 is 1.84 bits per heavy atom.